The van der Waals surface area contributed by atoms with Gasteiger partial charge in [0.1, 0.15) is 0 Å². The maximum atomic E-state index is 12.0. The maximum Gasteiger partial charge on any atom is 0.312 e. The number of aromatic nitrogens is 2. The molecule has 1 aromatic carbocycles. The van der Waals surface area contributed by atoms with Gasteiger partial charge < -0.3 is 14.6 Å². The Balaban J connectivity index is 1.87. The maximum absolute atomic E-state index is 12.0. The summed E-state index contributed by atoms with van der Waals surface area (Å²) in [6.45, 7) is 3.30. The third-order valence-corrected chi connectivity index (χ3v) is 5.03. The highest BCUT2D eigenvalue weighted by atomic mass is 16.4. The SMILES string of the molecule is Cc1ccc2c(c1)c1c(n2CC(C(=O)O)c2ccncc2)C=CN(C)C1. The number of hydrogen-bond donors (Lipinski definition) is 1. The monoisotopic (exact) mass is 347 g/mol. The van der Waals surface area contributed by atoms with E-state index in [1.165, 1.54) is 16.5 Å². The van der Waals surface area contributed by atoms with Gasteiger partial charge in [-0.15, -0.1) is 0 Å². The number of carboxylic acid groups (broad SMARTS) is 1. The van der Waals surface area contributed by atoms with Gasteiger partial charge in [-0.2, -0.15) is 0 Å². The second-order valence-corrected chi connectivity index (χ2v) is 6.90. The summed E-state index contributed by atoms with van der Waals surface area (Å²) in [5.74, 6) is -1.44. The number of nitrogens with zero attached hydrogens (tertiary/aromatic N) is 3. The van der Waals surface area contributed by atoms with Crippen LogP contribution in [0.15, 0.2) is 48.9 Å². The third-order valence-electron chi connectivity index (χ3n) is 5.03. The van der Waals surface area contributed by atoms with Gasteiger partial charge in [-0.05, 0) is 42.8 Å². The van der Waals surface area contributed by atoms with Crippen molar-refractivity contribution in [3.8, 4) is 0 Å². The molecular formula is C21H21N3O2. The zero-order valence-corrected chi connectivity index (χ0v) is 14.9. The minimum atomic E-state index is -0.823. The Hall–Kier alpha value is -3.08. The predicted octanol–water partition coefficient (Wildman–Crippen LogP) is 3.63. The molecule has 5 heteroatoms. The highest BCUT2D eigenvalue weighted by Crippen LogP contribution is 2.33. The van der Waals surface area contributed by atoms with Crippen molar-refractivity contribution in [3.63, 3.8) is 0 Å². The fourth-order valence-corrected chi connectivity index (χ4v) is 3.72. The molecule has 0 saturated carbocycles. The van der Waals surface area contributed by atoms with Crippen molar-refractivity contribution in [2.75, 3.05) is 7.05 Å². The average molecular weight is 347 g/mol. The van der Waals surface area contributed by atoms with Crippen molar-refractivity contribution >= 4 is 22.9 Å². The van der Waals surface area contributed by atoms with Crippen LogP contribution in [0.2, 0.25) is 0 Å². The molecule has 5 nitrogen and oxygen atoms in total. The lowest BCUT2D eigenvalue weighted by atomic mass is 10.0. The van der Waals surface area contributed by atoms with E-state index in [9.17, 15) is 9.90 Å². The minimum Gasteiger partial charge on any atom is -0.481 e. The number of aryl methyl sites for hydroxylation is 1. The summed E-state index contributed by atoms with van der Waals surface area (Å²) in [5, 5.41) is 11.0. The van der Waals surface area contributed by atoms with E-state index in [4.69, 9.17) is 0 Å². The zero-order valence-electron chi connectivity index (χ0n) is 14.9. The van der Waals surface area contributed by atoms with E-state index in [1.807, 2.05) is 6.20 Å². The van der Waals surface area contributed by atoms with Gasteiger partial charge in [0.15, 0.2) is 0 Å². The molecule has 3 aromatic rings. The number of rotatable bonds is 4. The quantitative estimate of drug-likeness (QED) is 0.783. The van der Waals surface area contributed by atoms with Gasteiger partial charge >= 0.3 is 5.97 Å². The fraction of sp³-hybridized carbons (Fsp3) is 0.238. The summed E-state index contributed by atoms with van der Waals surface area (Å²) in [6, 6.07) is 9.94. The molecule has 4 rings (SSSR count). The molecule has 1 aliphatic heterocycles. The van der Waals surface area contributed by atoms with Crippen LogP contribution in [-0.2, 0) is 17.9 Å². The second-order valence-electron chi connectivity index (χ2n) is 6.90. The number of fused-ring (bicyclic) bond motifs is 3. The van der Waals surface area contributed by atoms with E-state index in [1.54, 1.807) is 24.5 Å². The molecular weight excluding hydrogens is 326 g/mol. The highest BCUT2D eigenvalue weighted by Gasteiger charge is 2.25. The Morgan fingerprint density at radius 1 is 1.27 bits per heavy atom. The Bertz CT molecular complexity index is 1010. The summed E-state index contributed by atoms with van der Waals surface area (Å²) in [7, 11) is 2.05. The predicted molar refractivity (Wildman–Crippen MR) is 102 cm³/mol. The van der Waals surface area contributed by atoms with E-state index >= 15 is 0 Å². The zero-order chi connectivity index (χ0) is 18.3. The molecule has 1 unspecified atom stereocenters. The number of hydrogen-bond acceptors (Lipinski definition) is 3. The molecule has 3 heterocycles. The first-order chi connectivity index (χ1) is 12.5. The van der Waals surface area contributed by atoms with Crippen LogP contribution in [0.1, 0.15) is 28.3 Å². The van der Waals surface area contributed by atoms with Crippen molar-refractivity contribution in [2.45, 2.75) is 25.9 Å². The Morgan fingerprint density at radius 2 is 2.04 bits per heavy atom. The largest absolute Gasteiger partial charge is 0.481 e. The molecule has 0 bridgehead atoms. The molecule has 1 atom stereocenters. The summed E-state index contributed by atoms with van der Waals surface area (Å²) in [6.07, 6.45) is 7.42. The van der Waals surface area contributed by atoms with Gasteiger partial charge in [-0.25, -0.2) is 0 Å². The van der Waals surface area contributed by atoms with Gasteiger partial charge in [0.25, 0.3) is 0 Å². The molecule has 1 aliphatic rings. The van der Waals surface area contributed by atoms with Crippen molar-refractivity contribution in [1.29, 1.82) is 0 Å². The average Bonchev–Trinajstić information content (AvgIpc) is 2.92. The summed E-state index contributed by atoms with van der Waals surface area (Å²) >= 11 is 0. The van der Waals surface area contributed by atoms with E-state index in [0.29, 0.717) is 6.54 Å². The molecule has 2 aromatic heterocycles. The molecule has 0 amide bonds. The fourth-order valence-electron chi connectivity index (χ4n) is 3.72. The Kier molecular flexibility index (Phi) is 3.99. The summed E-state index contributed by atoms with van der Waals surface area (Å²) in [5.41, 5.74) is 5.42. The van der Waals surface area contributed by atoms with Crippen LogP contribution in [0.25, 0.3) is 17.0 Å². The van der Waals surface area contributed by atoms with Crippen LogP contribution < -0.4 is 0 Å². The van der Waals surface area contributed by atoms with E-state index in [-0.39, 0.29) is 0 Å². The standard InChI is InChI=1S/C21H21N3O2/c1-14-3-4-19-16(11-14)18-12-23(2)10-7-20(18)24(19)13-17(21(25)26)15-5-8-22-9-6-15/h3-11,17H,12-13H2,1-2H3,(H,25,26). The number of carbonyl (C=O) groups is 1. The molecule has 0 spiro atoms. The Labute approximate surface area is 152 Å². The van der Waals surface area contributed by atoms with Gasteiger partial charge in [-0.1, -0.05) is 11.6 Å². The van der Waals surface area contributed by atoms with E-state index in [2.05, 4.69) is 52.7 Å². The first kappa shape index (κ1) is 16.4. The number of pyridine rings is 1. The molecule has 0 fully saturated rings. The van der Waals surface area contributed by atoms with Gasteiger partial charge in [0.2, 0.25) is 0 Å². The van der Waals surface area contributed by atoms with Crippen LogP contribution >= 0.6 is 0 Å². The molecule has 132 valence electrons. The summed E-state index contributed by atoms with van der Waals surface area (Å²) < 4.78 is 2.15. The van der Waals surface area contributed by atoms with Crippen LogP contribution in [0.5, 0.6) is 0 Å². The minimum absolute atomic E-state index is 0.391. The molecule has 0 radical (unpaired) electrons. The number of benzene rings is 1. The lowest BCUT2D eigenvalue weighted by Crippen LogP contribution is -2.20. The van der Waals surface area contributed by atoms with E-state index < -0.39 is 11.9 Å². The van der Waals surface area contributed by atoms with Gasteiger partial charge in [-0.3, -0.25) is 9.78 Å². The molecule has 0 saturated heterocycles. The van der Waals surface area contributed by atoms with Crippen molar-refractivity contribution in [3.05, 3.63) is 71.3 Å². The van der Waals surface area contributed by atoms with Crippen LogP contribution in [0.3, 0.4) is 0 Å². The number of carboxylic acids is 1. The van der Waals surface area contributed by atoms with Crippen molar-refractivity contribution in [2.24, 2.45) is 0 Å². The second kappa shape index (κ2) is 6.33. The van der Waals surface area contributed by atoms with Crippen LogP contribution in [-0.4, -0.2) is 32.6 Å². The van der Waals surface area contributed by atoms with Crippen molar-refractivity contribution < 1.29 is 9.90 Å². The first-order valence-electron chi connectivity index (χ1n) is 8.67. The van der Waals surface area contributed by atoms with E-state index in [0.717, 1.165) is 23.3 Å². The first-order valence-corrected chi connectivity index (χ1v) is 8.67. The molecule has 0 aliphatic carbocycles. The smallest absolute Gasteiger partial charge is 0.312 e. The van der Waals surface area contributed by atoms with Crippen molar-refractivity contribution in [1.82, 2.24) is 14.5 Å². The third kappa shape index (κ3) is 2.75. The highest BCUT2D eigenvalue weighted by molar-refractivity contribution is 5.89. The number of aliphatic carboxylic acids is 1. The lowest BCUT2D eigenvalue weighted by Gasteiger charge is -2.21. The normalized spacial score (nSPS) is 14.5. The van der Waals surface area contributed by atoms with Crippen LogP contribution in [0.4, 0.5) is 0 Å². The van der Waals surface area contributed by atoms with Crippen LogP contribution in [0, 0.1) is 6.92 Å². The van der Waals surface area contributed by atoms with Gasteiger partial charge in [0, 0.05) is 60.9 Å². The topological polar surface area (TPSA) is 58.4 Å². The molecule has 26 heavy (non-hydrogen) atoms. The lowest BCUT2D eigenvalue weighted by molar-refractivity contribution is -0.139. The summed E-state index contributed by atoms with van der Waals surface area (Å²) in [4.78, 5) is 18.1. The Morgan fingerprint density at radius 3 is 2.77 bits per heavy atom. The van der Waals surface area contributed by atoms with Gasteiger partial charge in [0.05, 0.1) is 5.92 Å². The molecule has 1 N–H and O–H groups in total.